The minimum absolute atomic E-state index is 0.122. The third kappa shape index (κ3) is 4.68. The number of amides is 1. The number of hydrogen-bond acceptors (Lipinski definition) is 3. The van der Waals surface area contributed by atoms with E-state index in [1.165, 1.54) is 5.56 Å². The molecule has 0 radical (unpaired) electrons. The maximum Gasteiger partial charge on any atom is 0.253 e. The van der Waals surface area contributed by atoms with E-state index in [0.717, 1.165) is 37.1 Å². The van der Waals surface area contributed by atoms with Crippen LogP contribution in [0.25, 0.3) is 0 Å². The molecule has 0 saturated carbocycles. The van der Waals surface area contributed by atoms with E-state index < -0.39 is 0 Å². The quantitative estimate of drug-likeness (QED) is 0.815. The lowest BCUT2D eigenvalue weighted by Crippen LogP contribution is -2.27. The van der Waals surface area contributed by atoms with Crippen LogP contribution in [0.3, 0.4) is 0 Å². The molecule has 2 N–H and O–H groups in total. The molecule has 1 aliphatic rings. The zero-order valence-electron chi connectivity index (χ0n) is 14.5. The Morgan fingerprint density at radius 3 is 2.36 bits per heavy atom. The molecule has 4 heteroatoms. The predicted octanol–water partition coefficient (Wildman–Crippen LogP) is 3.14. The molecule has 132 valence electrons. The summed E-state index contributed by atoms with van der Waals surface area (Å²) >= 11 is 0. The molecule has 4 nitrogen and oxygen atoms in total. The van der Waals surface area contributed by atoms with Crippen LogP contribution in [0, 0.1) is 0 Å². The number of aliphatic hydroxyl groups excluding tert-OH is 1. The van der Waals surface area contributed by atoms with E-state index in [0.29, 0.717) is 13.0 Å². The van der Waals surface area contributed by atoms with E-state index in [4.69, 9.17) is 0 Å². The van der Waals surface area contributed by atoms with Crippen molar-refractivity contribution in [2.45, 2.75) is 31.8 Å². The van der Waals surface area contributed by atoms with Crippen LogP contribution in [0.5, 0.6) is 0 Å². The van der Waals surface area contributed by atoms with E-state index in [1.807, 2.05) is 47.4 Å². The van der Waals surface area contributed by atoms with Crippen molar-refractivity contribution in [3.63, 3.8) is 0 Å². The Bertz CT molecular complexity index is 664. The molecule has 1 heterocycles. The van der Waals surface area contributed by atoms with Gasteiger partial charge in [-0.05, 0) is 42.5 Å². The highest BCUT2D eigenvalue weighted by molar-refractivity contribution is 5.94. The van der Waals surface area contributed by atoms with Gasteiger partial charge in [-0.1, -0.05) is 42.5 Å². The summed E-state index contributed by atoms with van der Waals surface area (Å²) in [7, 11) is 0. The molecule has 1 fully saturated rings. The maximum atomic E-state index is 12.4. The number of benzene rings is 2. The monoisotopic (exact) mass is 338 g/mol. The normalized spacial score (nSPS) is 15.3. The highest BCUT2D eigenvalue weighted by Gasteiger charge is 2.19. The zero-order valence-corrected chi connectivity index (χ0v) is 14.5. The van der Waals surface area contributed by atoms with E-state index in [9.17, 15) is 9.90 Å². The van der Waals surface area contributed by atoms with Crippen molar-refractivity contribution in [2.24, 2.45) is 0 Å². The number of hydrogen-bond donors (Lipinski definition) is 2. The summed E-state index contributed by atoms with van der Waals surface area (Å²) < 4.78 is 0. The van der Waals surface area contributed by atoms with Crippen LogP contribution < -0.4 is 5.32 Å². The first-order valence-electron chi connectivity index (χ1n) is 9.05. The SMILES string of the molecule is O=C(c1ccc(CNC(CCO)c2ccccc2)cc1)N1CCCC1. The summed E-state index contributed by atoms with van der Waals surface area (Å²) in [5.74, 6) is 0.138. The average Bonchev–Trinajstić information content (AvgIpc) is 3.20. The lowest BCUT2D eigenvalue weighted by molar-refractivity contribution is 0.0793. The van der Waals surface area contributed by atoms with Crippen LogP contribution >= 0.6 is 0 Å². The van der Waals surface area contributed by atoms with Gasteiger partial charge < -0.3 is 15.3 Å². The molecule has 25 heavy (non-hydrogen) atoms. The lowest BCUT2D eigenvalue weighted by atomic mass is 10.0. The van der Waals surface area contributed by atoms with Gasteiger partial charge in [0, 0.05) is 37.8 Å². The van der Waals surface area contributed by atoms with Gasteiger partial charge in [0.25, 0.3) is 5.91 Å². The molecule has 1 unspecified atom stereocenters. The lowest BCUT2D eigenvalue weighted by Gasteiger charge is -2.19. The maximum absolute atomic E-state index is 12.4. The fourth-order valence-corrected chi connectivity index (χ4v) is 3.31. The predicted molar refractivity (Wildman–Crippen MR) is 99.3 cm³/mol. The number of rotatable bonds is 7. The van der Waals surface area contributed by atoms with Gasteiger partial charge >= 0.3 is 0 Å². The van der Waals surface area contributed by atoms with Crippen LogP contribution in [0.4, 0.5) is 0 Å². The van der Waals surface area contributed by atoms with Crippen molar-refractivity contribution < 1.29 is 9.90 Å². The van der Waals surface area contributed by atoms with E-state index >= 15 is 0 Å². The van der Waals surface area contributed by atoms with Crippen LogP contribution in [-0.4, -0.2) is 35.6 Å². The zero-order chi connectivity index (χ0) is 17.5. The van der Waals surface area contributed by atoms with Crippen molar-refractivity contribution in [1.82, 2.24) is 10.2 Å². The van der Waals surface area contributed by atoms with Crippen LogP contribution in [0.2, 0.25) is 0 Å². The fourth-order valence-electron chi connectivity index (χ4n) is 3.31. The van der Waals surface area contributed by atoms with E-state index in [1.54, 1.807) is 0 Å². The van der Waals surface area contributed by atoms with Crippen molar-refractivity contribution >= 4 is 5.91 Å². The minimum Gasteiger partial charge on any atom is -0.396 e. The summed E-state index contributed by atoms with van der Waals surface area (Å²) in [6.45, 7) is 2.61. The van der Waals surface area contributed by atoms with Crippen molar-refractivity contribution in [3.05, 3.63) is 71.3 Å². The summed E-state index contributed by atoms with van der Waals surface area (Å²) in [5, 5.41) is 12.8. The highest BCUT2D eigenvalue weighted by Crippen LogP contribution is 2.18. The molecule has 0 aromatic heterocycles. The summed E-state index contributed by atoms with van der Waals surface area (Å²) in [6, 6.07) is 18.2. The largest absolute Gasteiger partial charge is 0.396 e. The minimum atomic E-state index is 0.122. The molecular weight excluding hydrogens is 312 g/mol. The second-order valence-electron chi connectivity index (χ2n) is 6.55. The van der Waals surface area contributed by atoms with Gasteiger partial charge in [0.1, 0.15) is 0 Å². The summed E-state index contributed by atoms with van der Waals surface area (Å²) in [4.78, 5) is 14.3. The molecule has 1 atom stereocenters. The van der Waals surface area contributed by atoms with Crippen molar-refractivity contribution in [3.8, 4) is 0 Å². The van der Waals surface area contributed by atoms with Gasteiger partial charge in [0.05, 0.1) is 0 Å². The first kappa shape index (κ1) is 17.6. The fraction of sp³-hybridized carbons (Fsp3) is 0.381. The Kier molecular flexibility index (Phi) is 6.20. The van der Waals surface area contributed by atoms with Crippen LogP contribution in [0.1, 0.15) is 46.8 Å². The molecule has 0 aliphatic carbocycles. The third-order valence-electron chi connectivity index (χ3n) is 4.77. The van der Waals surface area contributed by atoms with Crippen molar-refractivity contribution in [2.75, 3.05) is 19.7 Å². The number of aliphatic hydroxyl groups is 1. The summed E-state index contributed by atoms with van der Waals surface area (Å²) in [6.07, 6.45) is 2.90. The number of carbonyl (C=O) groups excluding carboxylic acids is 1. The van der Waals surface area contributed by atoms with Crippen molar-refractivity contribution in [1.29, 1.82) is 0 Å². The second-order valence-corrected chi connectivity index (χ2v) is 6.55. The van der Waals surface area contributed by atoms with Gasteiger partial charge in [0.15, 0.2) is 0 Å². The van der Waals surface area contributed by atoms with Gasteiger partial charge in [-0.25, -0.2) is 0 Å². The molecule has 0 spiro atoms. The molecule has 1 saturated heterocycles. The van der Waals surface area contributed by atoms with Gasteiger partial charge in [-0.15, -0.1) is 0 Å². The summed E-state index contributed by atoms with van der Waals surface area (Å²) in [5.41, 5.74) is 3.08. The molecule has 2 aromatic rings. The molecule has 0 bridgehead atoms. The first-order chi connectivity index (χ1) is 12.3. The smallest absolute Gasteiger partial charge is 0.253 e. The molecule has 1 aliphatic heterocycles. The average molecular weight is 338 g/mol. The standard InChI is InChI=1S/C21H26N2O2/c24-15-12-20(18-6-2-1-3-7-18)22-16-17-8-10-19(11-9-17)21(25)23-13-4-5-14-23/h1-3,6-11,20,22,24H,4-5,12-16H2. The number of nitrogens with one attached hydrogen (secondary N) is 1. The van der Waals surface area contributed by atoms with Crippen LogP contribution in [0.15, 0.2) is 54.6 Å². The Balaban J connectivity index is 1.59. The number of nitrogens with zero attached hydrogens (tertiary/aromatic N) is 1. The van der Waals surface area contributed by atoms with Crippen LogP contribution in [-0.2, 0) is 6.54 Å². The molecule has 2 aromatic carbocycles. The number of carbonyl (C=O) groups is 1. The Morgan fingerprint density at radius 2 is 1.72 bits per heavy atom. The first-order valence-corrected chi connectivity index (χ1v) is 9.05. The third-order valence-corrected chi connectivity index (χ3v) is 4.77. The molecular formula is C21H26N2O2. The molecule has 1 amide bonds. The van der Waals surface area contributed by atoms with Gasteiger partial charge in [-0.2, -0.15) is 0 Å². The topological polar surface area (TPSA) is 52.6 Å². The molecule has 3 rings (SSSR count). The Labute approximate surface area is 149 Å². The Hall–Kier alpha value is -2.17. The second kappa shape index (κ2) is 8.79. The van der Waals surface area contributed by atoms with Gasteiger partial charge in [-0.3, -0.25) is 4.79 Å². The highest BCUT2D eigenvalue weighted by atomic mass is 16.3. The number of likely N-dealkylation sites (tertiary alicyclic amines) is 1. The van der Waals surface area contributed by atoms with Gasteiger partial charge in [0.2, 0.25) is 0 Å². The van der Waals surface area contributed by atoms with E-state index in [2.05, 4.69) is 17.4 Å². The Morgan fingerprint density at radius 1 is 1.04 bits per heavy atom. The van der Waals surface area contributed by atoms with E-state index in [-0.39, 0.29) is 18.6 Å².